The number of hydrogen-bond donors (Lipinski definition) is 3. The van der Waals surface area contributed by atoms with Crippen LogP contribution in [0.4, 0.5) is 0 Å². The molecule has 1 aliphatic rings. The van der Waals surface area contributed by atoms with Crippen molar-refractivity contribution in [2.45, 2.75) is 57.5 Å². The van der Waals surface area contributed by atoms with Crippen molar-refractivity contribution >= 4 is 21.8 Å². The van der Waals surface area contributed by atoms with Gasteiger partial charge in [-0.05, 0) is 104 Å². The molecule has 1 aliphatic carbocycles. The molecule has 1 unspecified atom stereocenters. The summed E-state index contributed by atoms with van der Waals surface area (Å²) >= 11 is 0. The van der Waals surface area contributed by atoms with Crippen LogP contribution in [-0.4, -0.2) is 42.5 Å². The van der Waals surface area contributed by atoms with E-state index >= 15 is 0 Å². The summed E-state index contributed by atoms with van der Waals surface area (Å²) in [6, 6.07) is 22.6. The molecule has 0 amide bonds. The Balaban J connectivity index is 1.18. The van der Waals surface area contributed by atoms with Gasteiger partial charge in [0.2, 0.25) is 0 Å². The fourth-order valence-corrected chi connectivity index (χ4v) is 6.16. The number of aliphatic hydroxyl groups excluding tert-OH is 1. The van der Waals surface area contributed by atoms with E-state index in [9.17, 15) is 9.90 Å². The summed E-state index contributed by atoms with van der Waals surface area (Å²) < 4.78 is 1.50. The molecule has 1 atom stereocenters. The average molecular weight is 585 g/mol. The first-order valence-electron chi connectivity index (χ1n) is 15.4. The molecule has 3 aromatic carbocycles. The van der Waals surface area contributed by atoms with Crippen LogP contribution in [0.3, 0.4) is 0 Å². The highest BCUT2D eigenvalue weighted by Gasteiger charge is 2.24. The highest BCUT2D eigenvalue weighted by Crippen LogP contribution is 2.40. The topological polar surface area (TPSA) is 123 Å². The second-order valence-electron chi connectivity index (χ2n) is 11.9. The molecule has 222 valence electrons. The Morgan fingerprint density at radius 3 is 2.66 bits per heavy atom. The Hall–Kier alpha value is -4.66. The summed E-state index contributed by atoms with van der Waals surface area (Å²) in [6.07, 6.45) is 8.73. The predicted octanol–water partition coefficient (Wildman–Crippen LogP) is 6.21. The molecule has 4 N–H and O–H groups in total. The number of aliphatic hydroxyl groups is 1. The molecule has 0 bridgehead atoms. The van der Waals surface area contributed by atoms with Gasteiger partial charge in [-0.2, -0.15) is 9.78 Å². The number of aromatic nitrogens is 5. The molecular weight excluding hydrogens is 548 g/mol. The number of aryl methyl sites for hydroxylation is 1. The lowest BCUT2D eigenvalue weighted by Crippen LogP contribution is -2.22. The number of nitrogens with one attached hydrogen (secondary N) is 1. The summed E-state index contributed by atoms with van der Waals surface area (Å²) in [6.45, 7) is 2.52. The maximum absolute atomic E-state index is 13.6. The van der Waals surface area contributed by atoms with E-state index in [0.717, 1.165) is 69.4 Å². The number of H-pyrrole nitrogens is 1. The zero-order valence-electron chi connectivity index (χ0n) is 24.8. The van der Waals surface area contributed by atoms with E-state index < -0.39 is 0 Å². The van der Waals surface area contributed by atoms with Gasteiger partial charge in [0, 0.05) is 22.0 Å². The molecule has 1 fully saturated rings. The summed E-state index contributed by atoms with van der Waals surface area (Å²) in [5.74, 6) is 0.622. The van der Waals surface area contributed by atoms with Gasteiger partial charge in [-0.3, -0.25) is 4.79 Å². The molecule has 0 saturated heterocycles. The number of rotatable bonds is 10. The average Bonchev–Trinajstić information content (AvgIpc) is 3.80. The largest absolute Gasteiger partial charge is 0.393 e. The number of nitrogens with two attached hydrogens (primary N) is 1. The lowest BCUT2D eigenvalue weighted by molar-refractivity contribution is 0.154. The summed E-state index contributed by atoms with van der Waals surface area (Å²) in [5, 5.41) is 17.0. The molecule has 0 aliphatic heterocycles. The van der Waals surface area contributed by atoms with Gasteiger partial charge in [-0.15, -0.1) is 0 Å². The van der Waals surface area contributed by atoms with Gasteiger partial charge < -0.3 is 15.8 Å². The molecule has 0 spiro atoms. The van der Waals surface area contributed by atoms with E-state index in [-0.39, 0.29) is 11.7 Å². The number of fused-ring (bicyclic) bond motifs is 2. The van der Waals surface area contributed by atoms with Crippen molar-refractivity contribution in [2.24, 2.45) is 5.73 Å². The molecule has 3 aromatic heterocycles. The first-order valence-corrected chi connectivity index (χ1v) is 15.4. The summed E-state index contributed by atoms with van der Waals surface area (Å²) in [7, 11) is 0. The van der Waals surface area contributed by atoms with E-state index in [1.807, 2.05) is 31.2 Å². The Morgan fingerprint density at radius 2 is 1.86 bits per heavy atom. The summed E-state index contributed by atoms with van der Waals surface area (Å²) in [5.41, 5.74) is 14.1. The zero-order valence-corrected chi connectivity index (χ0v) is 24.8. The highest BCUT2D eigenvalue weighted by atomic mass is 16.3. The maximum Gasteiger partial charge on any atom is 0.279 e. The van der Waals surface area contributed by atoms with Crippen LogP contribution in [0.5, 0.6) is 0 Å². The zero-order chi connectivity index (χ0) is 30.2. The van der Waals surface area contributed by atoms with Gasteiger partial charge in [0.15, 0.2) is 0 Å². The SMILES string of the molecule is Cc1c(-c2ncnc3[nH]c(-c4ccc(CCCC(O)CCN)cc4)cc23)cccc1-n1ncc2cc(C3CC3)ccc2c1=O. The van der Waals surface area contributed by atoms with Crippen LogP contribution >= 0.6 is 0 Å². The first kappa shape index (κ1) is 28.1. The Bertz CT molecular complexity index is 2020. The molecule has 1 saturated carbocycles. The van der Waals surface area contributed by atoms with Crippen molar-refractivity contribution in [2.75, 3.05) is 6.54 Å². The van der Waals surface area contributed by atoms with Crippen LogP contribution < -0.4 is 11.3 Å². The molecule has 8 heteroatoms. The molecule has 0 radical (unpaired) electrons. The van der Waals surface area contributed by atoms with Crippen LogP contribution in [0.1, 0.15) is 54.7 Å². The standard InChI is InChI=1S/C36H36N6O2/c1-22-29(6-3-7-33(22)42-36(44)30-15-14-26(24-12-13-24)18-27(30)20-40-42)34-31-19-32(41-35(31)39-21-38-34)25-10-8-23(9-11-25)4-2-5-28(43)16-17-37/h3,6-11,14-15,18-21,24,28,43H,2,4-5,12-13,16-17,37H2,1H3,(H,38,39,41). The minimum Gasteiger partial charge on any atom is -0.393 e. The maximum atomic E-state index is 13.6. The third kappa shape index (κ3) is 5.42. The fourth-order valence-electron chi connectivity index (χ4n) is 6.16. The molecular formula is C36H36N6O2. The van der Waals surface area contributed by atoms with Crippen molar-refractivity contribution in [1.29, 1.82) is 0 Å². The second kappa shape index (κ2) is 11.8. The van der Waals surface area contributed by atoms with Crippen LogP contribution in [0, 0.1) is 6.92 Å². The van der Waals surface area contributed by atoms with Crippen LogP contribution in [0.15, 0.2) is 84.0 Å². The normalized spacial score (nSPS) is 14.0. The monoisotopic (exact) mass is 584 g/mol. The molecule has 3 heterocycles. The Labute approximate surface area is 255 Å². The highest BCUT2D eigenvalue weighted by molar-refractivity contribution is 5.95. The lowest BCUT2D eigenvalue weighted by Gasteiger charge is -2.13. The van der Waals surface area contributed by atoms with E-state index in [0.29, 0.717) is 24.3 Å². The molecule has 7 rings (SSSR count). The smallest absolute Gasteiger partial charge is 0.279 e. The minimum absolute atomic E-state index is 0.128. The second-order valence-corrected chi connectivity index (χ2v) is 11.9. The first-order chi connectivity index (χ1) is 21.5. The van der Waals surface area contributed by atoms with Gasteiger partial charge in [0.1, 0.15) is 12.0 Å². The number of nitrogens with zero attached hydrogens (tertiary/aromatic N) is 4. The third-order valence-corrected chi connectivity index (χ3v) is 8.84. The Morgan fingerprint density at radius 1 is 1.02 bits per heavy atom. The Kier molecular flexibility index (Phi) is 7.54. The van der Waals surface area contributed by atoms with Crippen molar-refractivity contribution in [3.8, 4) is 28.2 Å². The van der Waals surface area contributed by atoms with Crippen LogP contribution in [0.2, 0.25) is 0 Å². The molecule has 44 heavy (non-hydrogen) atoms. The van der Waals surface area contributed by atoms with Gasteiger partial charge >= 0.3 is 0 Å². The van der Waals surface area contributed by atoms with E-state index in [1.54, 1.807) is 12.5 Å². The third-order valence-electron chi connectivity index (χ3n) is 8.84. The minimum atomic E-state index is -0.324. The van der Waals surface area contributed by atoms with Crippen LogP contribution in [-0.2, 0) is 6.42 Å². The van der Waals surface area contributed by atoms with Crippen molar-refractivity contribution in [3.63, 3.8) is 0 Å². The van der Waals surface area contributed by atoms with Crippen LogP contribution in [0.25, 0.3) is 50.0 Å². The molecule has 8 nitrogen and oxygen atoms in total. The number of benzene rings is 3. The van der Waals surface area contributed by atoms with Crippen molar-refractivity contribution < 1.29 is 5.11 Å². The fraction of sp³-hybridized carbons (Fsp3) is 0.278. The number of aromatic amines is 1. The van der Waals surface area contributed by atoms with E-state index in [4.69, 9.17) is 10.7 Å². The van der Waals surface area contributed by atoms with Gasteiger partial charge in [-0.1, -0.05) is 42.5 Å². The van der Waals surface area contributed by atoms with Gasteiger partial charge in [0.05, 0.1) is 29.1 Å². The summed E-state index contributed by atoms with van der Waals surface area (Å²) in [4.78, 5) is 26.3. The van der Waals surface area contributed by atoms with E-state index in [1.165, 1.54) is 28.7 Å². The van der Waals surface area contributed by atoms with Gasteiger partial charge in [0.25, 0.3) is 5.56 Å². The van der Waals surface area contributed by atoms with Crippen molar-refractivity contribution in [1.82, 2.24) is 24.7 Å². The van der Waals surface area contributed by atoms with E-state index in [2.05, 4.69) is 57.5 Å². The number of hydrogen-bond acceptors (Lipinski definition) is 6. The van der Waals surface area contributed by atoms with Crippen molar-refractivity contribution in [3.05, 3.63) is 106 Å². The predicted molar refractivity (Wildman–Crippen MR) is 175 cm³/mol. The molecule has 6 aromatic rings. The lowest BCUT2D eigenvalue weighted by atomic mass is 10.0. The quantitative estimate of drug-likeness (QED) is 0.176. The van der Waals surface area contributed by atoms with Gasteiger partial charge in [-0.25, -0.2) is 9.97 Å².